The van der Waals surface area contributed by atoms with Crippen LogP contribution in [0.5, 0.6) is 0 Å². The van der Waals surface area contributed by atoms with Crippen molar-refractivity contribution in [1.29, 1.82) is 0 Å². The Morgan fingerprint density at radius 1 is 1.36 bits per heavy atom. The molecule has 1 unspecified atom stereocenters. The maximum Gasteiger partial charge on any atom is 0.224 e. The van der Waals surface area contributed by atoms with E-state index < -0.39 is 0 Å². The van der Waals surface area contributed by atoms with Crippen molar-refractivity contribution in [3.63, 3.8) is 0 Å². The van der Waals surface area contributed by atoms with Gasteiger partial charge in [-0.25, -0.2) is 0 Å². The number of rotatable bonds is 7. The number of likely N-dealkylation sites (tertiary alicyclic amines) is 1. The zero-order chi connectivity index (χ0) is 20.5. The highest BCUT2D eigenvalue weighted by molar-refractivity contribution is 5.90. The summed E-state index contributed by atoms with van der Waals surface area (Å²) >= 11 is 0. The van der Waals surface area contributed by atoms with E-state index in [1.54, 1.807) is 7.05 Å². The number of amides is 2. The van der Waals surface area contributed by atoms with Crippen molar-refractivity contribution in [2.24, 2.45) is 22.6 Å². The van der Waals surface area contributed by atoms with E-state index in [-0.39, 0.29) is 17.7 Å². The largest absolute Gasteiger partial charge is 0.370 e. The predicted octanol–water partition coefficient (Wildman–Crippen LogP) is 2.33. The standard InChI is InChI=1S/C21H33N5O2/c1-15(2)10-20(28)25-18-8-4-6-16(11-18)13-24-21(23-3)26-9-5-7-17(14-26)12-19(22)27/h4,6,8,11,15,17H,5,7,9-10,12-14H2,1-3H3,(H2,22,27)(H,23,24)(H,25,28). The first-order valence-corrected chi connectivity index (χ1v) is 10.00. The number of piperidine rings is 1. The second kappa shape index (κ2) is 10.7. The Kier molecular flexibility index (Phi) is 8.29. The van der Waals surface area contributed by atoms with E-state index in [0.29, 0.717) is 25.3 Å². The van der Waals surface area contributed by atoms with Crippen LogP contribution in [-0.4, -0.2) is 42.8 Å². The van der Waals surface area contributed by atoms with Crippen LogP contribution in [0.2, 0.25) is 0 Å². The number of hydrogen-bond donors (Lipinski definition) is 3. The zero-order valence-corrected chi connectivity index (χ0v) is 17.2. The summed E-state index contributed by atoms with van der Waals surface area (Å²) in [5.74, 6) is 1.22. The number of primary amides is 1. The summed E-state index contributed by atoms with van der Waals surface area (Å²) in [6.07, 6.45) is 2.98. The van der Waals surface area contributed by atoms with Crippen LogP contribution < -0.4 is 16.4 Å². The molecule has 4 N–H and O–H groups in total. The van der Waals surface area contributed by atoms with Gasteiger partial charge in [-0.05, 0) is 42.4 Å². The number of carbonyl (C=O) groups excluding carboxylic acids is 2. The number of hydrogen-bond acceptors (Lipinski definition) is 3. The summed E-state index contributed by atoms with van der Waals surface area (Å²) in [4.78, 5) is 29.8. The molecule has 1 fully saturated rings. The second-order valence-electron chi connectivity index (χ2n) is 7.87. The monoisotopic (exact) mass is 387 g/mol. The minimum absolute atomic E-state index is 0.0322. The number of nitrogens with zero attached hydrogens (tertiary/aromatic N) is 2. The van der Waals surface area contributed by atoms with Crippen LogP contribution in [-0.2, 0) is 16.1 Å². The van der Waals surface area contributed by atoms with Gasteiger partial charge in [0.15, 0.2) is 5.96 Å². The quantitative estimate of drug-likeness (QED) is 0.494. The number of guanidine groups is 1. The molecular formula is C21H33N5O2. The van der Waals surface area contributed by atoms with Gasteiger partial charge in [0.05, 0.1) is 0 Å². The number of anilines is 1. The fourth-order valence-electron chi connectivity index (χ4n) is 3.56. The first-order valence-electron chi connectivity index (χ1n) is 10.00. The van der Waals surface area contributed by atoms with E-state index in [1.165, 1.54) is 0 Å². The molecule has 7 nitrogen and oxygen atoms in total. The number of benzene rings is 1. The van der Waals surface area contributed by atoms with E-state index in [9.17, 15) is 9.59 Å². The third kappa shape index (κ3) is 7.21. The summed E-state index contributed by atoms with van der Waals surface area (Å²) in [7, 11) is 1.77. The van der Waals surface area contributed by atoms with Gasteiger partial charge < -0.3 is 21.3 Å². The first kappa shape index (κ1) is 21.7. The highest BCUT2D eigenvalue weighted by Gasteiger charge is 2.23. The topological polar surface area (TPSA) is 99.8 Å². The smallest absolute Gasteiger partial charge is 0.224 e. The fraction of sp³-hybridized carbons (Fsp3) is 0.571. The Bertz CT molecular complexity index is 702. The molecule has 0 spiro atoms. The lowest BCUT2D eigenvalue weighted by molar-refractivity contribution is -0.119. The number of aliphatic imine (C=N–C) groups is 1. The minimum atomic E-state index is -0.244. The predicted molar refractivity (Wildman–Crippen MR) is 113 cm³/mol. The molecule has 1 aliphatic rings. The van der Waals surface area contributed by atoms with Crippen molar-refractivity contribution in [1.82, 2.24) is 10.2 Å². The van der Waals surface area contributed by atoms with Crippen LogP contribution in [0, 0.1) is 11.8 Å². The summed E-state index contributed by atoms with van der Waals surface area (Å²) in [6, 6.07) is 7.83. The molecular weight excluding hydrogens is 354 g/mol. The first-order chi connectivity index (χ1) is 13.4. The van der Waals surface area contributed by atoms with Crippen molar-refractivity contribution in [3.8, 4) is 0 Å². The molecule has 1 aromatic carbocycles. The summed E-state index contributed by atoms with van der Waals surface area (Å²) in [6.45, 7) is 6.37. The van der Waals surface area contributed by atoms with Crippen LogP contribution in [0.15, 0.2) is 29.3 Å². The normalized spacial score (nSPS) is 17.5. The maximum absolute atomic E-state index is 12.0. The molecule has 0 saturated carbocycles. The molecule has 2 rings (SSSR count). The average molecular weight is 388 g/mol. The highest BCUT2D eigenvalue weighted by Crippen LogP contribution is 2.19. The molecule has 1 atom stereocenters. The zero-order valence-electron chi connectivity index (χ0n) is 17.2. The van der Waals surface area contributed by atoms with Crippen molar-refractivity contribution in [2.75, 3.05) is 25.5 Å². The van der Waals surface area contributed by atoms with Crippen molar-refractivity contribution in [3.05, 3.63) is 29.8 Å². The van der Waals surface area contributed by atoms with E-state index in [2.05, 4.69) is 20.5 Å². The molecule has 0 radical (unpaired) electrons. The van der Waals surface area contributed by atoms with Gasteiger partial charge in [-0.15, -0.1) is 0 Å². The van der Waals surface area contributed by atoms with E-state index in [1.807, 2.05) is 38.1 Å². The minimum Gasteiger partial charge on any atom is -0.370 e. The van der Waals surface area contributed by atoms with Crippen LogP contribution in [0.4, 0.5) is 5.69 Å². The third-order valence-corrected chi connectivity index (χ3v) is 4.78. The SMILES string of the molecule is CN=C(NCc1cccc(NC(=O)CC(C)C)c1)N1CCCC(CC(N)=O)C1. The van der Waals surface area contributed by atoms with Crippen molar-refractivity contribution >= 4 is 23.5 Å². The summed E-state index contributed by atoms with van der Waals surface area (Å²) < 4.78 is 0. The van der Waals surface area contributed by atoms with Gasteiger partial charge in [0.2, 0.25) is 11.8 Å². The van der Waals surface area contributed by atoms with Crippen LogP contribution >= 0.6 is 0 Å². The highest BCUT2D eigenvalue weighted by atomic mass is 16.1. The molecule has 28 heavy (non-hydrogen) atoms. The third-order valence-electron chi connectivity index (χ3n) is 4.78. The van der Waals surface area contributed by atoms with Crippen LogP contribution in [0.1, 0.15) is 45.1 Å². The number of nitrogens with two attached hydrogens (primary N) is 1. The lowest BCUT2D eigenvalue weighted by Crippen LogP contribution is -2.46. The van der Waals surface area contributed by atoms with E-state index >= 15 is 0 Å². The average Bonchev–Trinajstić information content (AvgIpc) is 2.61. The lowest BCUT2D eigenvalue weighted by atomic mass is 9.95. The van der Waals surface area contributed by atoms with E-state index in [0.717, 1.165) is 43.1 Å². The van der Waals surface area contributed by atoms with Gasteiger partial charge in [-0.3, -0.25) is 14.6 Å². The molecule has 1 heterocycles. The molecule has 7 heteroatoms. The van der Waals surface area contributed by atoms with Gasteiger partial charge in [0, 0.05) is 45.2 Å². The molecule has 1 saturated heterocycles. The Morgan fingerprint density at radius 3 is 2.82 bits per heavy atom. The molecule has 154 valence electrons. The Morgan fingerprint density at radius 2 is 2.14 bits per heavy atom. The molecule has 0 bridgehead atoms. The second-order valence-corrected chi connectivity index (χ2v) is 7.87. The van der Waals surface area contributed by atoms with Crippen molar-refractivity contribution in [2.45, 2.75) is 46.1 Å². The molecule has 0 aromatic heterocycles. The van der Waals surface area contributed by atoms with Crippen molar-refractivity contribution < 1.29 is 9.59 Å². The lowest BCUT2D eigenvalue weighted by Gasteiger charge is -2.34. The Balaban J connectivity index is 1.91. The maximum atomic E-state index is 12.0. The fourth-order valence-corrected chi connectivity index (χ4v) is 3.56. The van der Waals surface area contributed by atoms with Gasteiger partial charge in [-0.1, -0.05) is 26.0 Å². The molecule has 1 aliphatic heterocycles. The number of carbonyl (C=O) groups is 2. The number of nitrogens with one attached hydrogen (secondary N) is 2. The Hall–Kier alpha value is -2.57. The molecule has 0 aliphatic carbocycles. The molecule has 1 aromatic rings. The van der Waals surface area contributed by atoms with Crippen LogP contribution in [0.3, 0.4) is 0 Å². The van der Waals surface area contributed by atoms with Gasteiger partial charge >= 0.3 is 0 Å². The van der Waals surface area contributed by atoms with Gasteiger partial charge in [0.1, 0.15) is 0 Å². The summed E-state index contributed by atoms with van der Waals surface area (Å²) in [5, 5.41) is 6.34. The van der Waals surface area contributed by atoms with Gasteiger partial charge in [0.25, 0.3) is 0 Å². The summed E-state index contributed by atoms with van der Waals surface area (Å²) in [5.41, 5.74) is 7.22. The van der Waals surface area contributed by atoms with Crippen LogP contribution in [0.25, 0.3) is 0 Å². The van der Waals surface area contributed by atoms with E-state index in [4.69, 9.17) is 5.73 Å². The van der Waals surface area contributed by atoms with Gasteiger partial charge in [-0.2, -0.15) is 0 Å². The molecule has 2 amide bonds. The Labute approximate surface area is 167 Å².